The van der Waals surface area contributed by atoms with Crippen molar-refractivity contribution in [1.29, 1.82) is 0 Å². The lowest BCUT2D eigenvalue weighted by Crippen LogP contribution is -2.65. The van der Waals surface area contributed by atoms with Gasteiger partial charge < -0.3 is 143 Å². The Morgan fingerprint density at radius 2 is 0.703 bits per heavy atom. The second-order valence-corrected chi connectivity index (χ2v) is 16.3. The van der Waals surface area contributed by atoms with Gasteiger partial charge >= 0.3 is 0 Å². The van der Waals surface area contributed by atoms with Crippen molar-refractivity contribution < 1.29 is 143 Å². The zero-order chi connectivity index (χ0) is 46.3. The van der Waals surface area contributed by atoms with Crippen molar-refractivity contribution in [3.63, 3.8) is 0 Å². The monoisotopic (exact) mass is 942 g/mol. The van der Waals surface area contributed by atoms with E-state index < -0.39 is 218 Å². The van der Waals surface area contributed by atoms with Crippen molar-refractivity contribution in [3.05, 3.63) is 0 Å². The Bertz CT molecular complexity index is 1460. The summed E-state index contributed by atoms with van der Waals surface area (Å²) in [4.78, 5) is 0. The van der Waals surface area contributed by atoms with E-state index in [0.29, 0.717) is 0 Å². The zero-order valence-electron chi connectivity index (χ0n) is 33.6. The normalized spacial score (nSPS) is 53.8. The summed E-state index contributed by atoms with van der Waals surface area (Å²) in [6.07, 6.45) is -48.0. The van der Waals surface area contributed by atoms with Crippen LogP contribution in [0.2, 0.25) is 0 Å². The summed E-state index contributed by atoms with van der Waals surface area (Å²) in [6.45, 7) is -4.66. The van der Waals surface area contributed by atoms with Crippen LogP contribution in [0.4, 0.5) is 0 Å². The molecule has 0 radical (unpaired) electrons. The Kier molecular flexibility index (Phi) is 17.1. The van der Waals surface area contributed by atoms with Crippen molar-refractivity contribution in [3.8, 4) is 0 Å². The van der Waals surface area contributed by atoms with Gasteiger partial charge in [-0.15, -0.1) is 0 Å². The second-order valence-electron chi connectivity index (χ2n) is 16.3. The molecule has 0 aromatic rings. The van der Waals surface area contributed by atoms with Crippen LogP contribution in [0.5, 0.6) is 0 Å². The van der Waals surface area contributed by atoms with Gasteiger partial charge in [-0.25, -0.2) is 0 Å². The van der Waals surface area contributed by atoms with E-state index in [1.807, 2.05) is 0 Å². The Labute approximate surface area is 361 Å². The van der Waals surface area contributed by atoms with Crippen LogP contribution in [0, 0.1) is 0 Å². The molecule has 0 bridgehead atoms. The van der Waals surface area contributed by atoms with Crippen molar-refractivity contribution in [2.75, 3.05) is 46.2 Å². The molecular formula is C35H58O29. The maximum Gasteiger partial charge on any atom is 0.187 e. The van der Waals surface area contributed by atoms with E-state index >= 15 is 0 Å². The summed E-state index contributed by atoms with van der Waals surface area (Å²) in [5, 5.41) is 167. The Morgan fingerprint density at radius 1 is 0.312 bits per heavy atom. The van der Waals surface area contributed by atoms with Gasteiger partial charge in [-0.2, -0.15) is 0 Å². The number of ether oxygens (including phenoxy) is 13. The molecule has 0 aliphatic carbocycles. The first kappa shape index (κ1) is 50.7. The molecule has 29 nitrogen and oxygen atoms in total. The van der Waals surface area contributed by atoms with Crippen LogP contribution in [0.1, 0.15) is 0 Å². The molecule has 28 atom stereocenters. The van der Waals surface area contributed by atoms with E-state index in [1.165, 1.54) is 0 Å². The molecule has 0 amide bonds. The van der Waals surface area contributed by atoms with Gasteiger partial charge in [0.25, 0.3) is 0 Å². The lowest BCUT2D eigenvalue weighted by molar-refractivity contribution is -0.388. The van der Waals surface area contributed by atoms with Crippen molar-refractivity contribution >= 4 is 0 Å². The molecule has 372 valence electrons. The smallest absolute Gasteiger partial charge is 0.187 e. The number of aliphatic hydroxyl groups excluding tert-OH is 16. The SMILES string of the molecule is OC[C@@H]1O[C@@H](O[C@@H]2[C@@H](O)[C@H](O[C@@H]3COC(O)[C@H](O)[C@H]3O)OC[C@H]2O[C@@H]2OC[C@@H](O[C@@H]3OC[C@@H](O)[C@H](O)[C@H]3O)[C@H](O[C@@H]3O[C@@H](CO)[C@H](O)[C@H]3O)[C@H]2O[C@@H]2O[C@@H](CO)[C@H](O)[C@H]2O)[C@H](O)[C@H]1O. The van der Waals surface area contributed by atoms with E-state index in [1.54, 1.807) is 0 Å². The van der Waals surface area contributed by atoms with Crippen LogP contribution in [0.3, 0.4) is 0 Å². The third-order valence-electron chi connectivity index (χ3n) is 12.0. The Morgan fingerprint density at radius 3 is 1.22 bits per heavy atom. The van der Waals surface area contributed by atoms with Gasteiger partial charge in [-0.3, -0.25) is 0 Å². The highest BCUT2D eigenvalue weighted by molar-refractivity contribution is 4.98. The average molecular weight is 943 g/mol. The second kappa shape index (κ2) is 21.6. The van der Waals surface area contributed by atoms with Gasteiger partial charge in [0.15, 0.2) is 44.0 Å². The molecule has 0 spiro atoms. The van der Waals surface area contributed by atoms with Gasteiger partial charge in [-0.05, 0) is 0 Å². The largest absolute Gasteiger partial charge is 0.394 e. The average Bonchev–Trinajstić information content (AvgIpc) is 3.84. The number of hydrogen-bond acceptors (Lipinski definition) is 29. The molecule has 0 aromatic heterocycles. The molecule has 0 aromatic carbocycles. The van der Waals surface area contributed by atoms with Gasteiger partial charge in [0.05, 0.1) is 46.2 Å². The third-order valence-corrected chi connectivity index (χ3v) is 12.0. The summed E-state index contributed by atoms with van der Waals surface area (Å²) in [6, 6.07) is 0. The Balaban J connectivity index is 1.20. The standard InChI is InChI=1S/C35H58O29/c36-1-9-16(41)22(47)32(56-9)62-26-13(6-54-31(25(26)50)59-12-5-52-29(51)20(45)19(12)44)61-35-28(64-34-24(49)18(43)11(3-38)58-34)27(63-33-23(48)17(42)10(2-37)57-33)14(7-55-35)60-30-21(46)15(40)8(39)4-53-30/h8-51H,1-7H2/t8-,9+,10+,11+,12-,13-,14-,15+,16+,17+,18+,19+,20-,21-,22-,23-,24-,25-,26+,27+,28-,29?,30+,31+,32+,33+,34+,35+/m1/s1. The van der Waals surface area contributed by atoms with Crippen molar-refractivity contribution in [2.24, 2.45) is 0 Å². The predicted octanol–water partition coefficient (Wildman–Crippen LogP) is -11.8. The predicted molar refractivity (Wildman–Crippen MR) is 190 cm³/mol. The van der Waals surface area contributed by atoms with E-state index in [2.05, 4.69) is 0 Å². The molecule has 0 saturated carbocycles. The molecule has 7 aliphatic rings. The minimum atomic E-state index is -1.99. The fraction of sp³-hybridized carbons (Fsp3) is 1.00. The molecule has 16 N–H and O–H groups in total. The first-order valence-electron chi connectivity index (χ1n) is 20.5. The molecule has 64 heavy (non-hydrogen) atoms. The minimum absolute atomic E-state index is 0.495. The first-order chi connectivity index (χ1) is 30.5. The molecule has 7 heterocycles. The summed E-state index contributed by atoms with van der Waals surface area (Å²) < 4.78 is 75.0. The maximum atomic E-state index is 11.7. The number of hydrogen-bond donors (Lipinski definition) is 16. The highest BCUT2D eigenvalue weighted by atomic mass is 16.8. The summed E-state index contributed by atoms with van der Waals surface area (Å²) >= 11 is 0. The highest BCUT2D eigenvalue weighted by Gasteiger charge is 2.57. The van der Waals surface area contributed by atoms with Gasteiger partial charge in [0.2, 0.25) is 0 Å². The lowest BCUT2D eigenvalue weighted by Gasteiger charge is -2.48. The van der Waals surface area contributed by atoms with E-state index in [4.69, 9.17) is 61.6 Å². The first-order valence-corrected chi connectivity index (χ1v) is 20.5. The van der Waals surface area contributed by atoms with Gasteiger partial charge in [-0.1, -0.05) is 0 Å². The zero-order valence-corrected chi connectivity index (χ0v) is 33.6. The van der Waals surface area contributed by atoms with Crippen LogP contribution in [0.25, 0.3) is 0 Å². The van der Waals surface area contributed by atoms with Gasteiger partial charge in [0.1, 0.15) is 128 Å². The fourth-order valence-corrected chi connectivity index (χ4v) is 8.16. The van der Waals surface area contributed by atoms with Crippen LogP contribution in [-0.4, -0.2) is 300 Å². The van der Waals surface area contributed by atoms with E-state index in [9.17, 15) is 81.7 Å². The summed E-state index contributed by atoms with van der Waals surface area (Å²) in [5.41, 5.74) is 0. The molecule has 7 rings (SSSR count). The van der Waals surface area contributed by atoms with E-state index in [0.717, 1.165) is 0 Å². The molecular weight excluding hydrogens is 884 g/mol. The molecule has 7 saturated heterocycles. The molecule has 7 aliphatic heterocycles. The van der Waals surface area contributed by atoms with Gasteiger partial charge in [0, 0.05) is 0 Å². The maximum absolute atomic E-state index is 11.7. The van der Waals surface area contributed by atoms with Crippen molar-refractivity contribution in [1.82, 2.24) is 0 Å². The molecule has 7 fully saturated rings. The summed E-state index contributed by atoms with van der Waals surface area (Å²) in [5.74, 6) is 0. The van der Waals surface area contributed by atoms with Crippen LogP contribution in [-0.2, 0) is 61.6 Å². The third kappa shape index (κ3) is 10.4. The number of rotatable bonds is 15. The van der Waals surface area contributed by atoms with Crippen LogP contribution >= 0.6 is 0 Å². The topological polar surface area (TPSA) is 444 Å². The van der Waals surface area contributed by atoms with E-state index in [-0.39, 0.29) is 0 Å². The minimum Gasteiger partial charge on any atom is -0.394 e. The van der Waals surface area contributed by atoms with Crippen LogP contribution in [0.15, 0.2) is 0 Å². The quantitative estimate of drug-likeness (QED) is 0.0725. The molecule has 29 heteroatoms. The fourth-order valence-electron chi connectivity index (χ4n) is 8.16. The lowest BCUT2D eigenvalue weighted by atomic mass is 10.0. The number of aliphatic hydroxyl groups is 16. The Hall–Kier alpha value is -1.16. The van der Waals surface area contributed by atoms with Crippen molar-refractivity contribution in [2.45, 2.75) is 172 Å². The van der Waals surface area contributed by atoms with Crippen LogP contribution < -0.4 is 0 Å². The highest BCUT2D eigenvalue weighted by Crippen LogP contribution is 2.37. The summed E-state index contributed by atoms with van der Waals surface area (Å²) in [7, 11) is 0. The molecule has 1 unspecified atom stereocenters.